The van der Waals surface area contributed by atoms with E-state index in [1.807, 2.05) is 0 Å². The minimum Gasteiger partial charge on any atom is -0.379 e. The van der Waals surface area contributed by atoms with E-state index in [1.165, 1.54) is 56.7 Å². The minimum atomic E-state index is 0.229. The van der Waals surface area contributed by atoms with Crippen molar-refractivity contribution in [2.45, 2.75) is 70.1 Å². The summed E-state index contributed by atoms with van der Waals surface area (Å²) < 4.78 is 11.4. The molecule has 2 aliphatic heterocycles. The maximum absolute atomic E-state index is 5.97. The van der Waals surface area contributed by atoms with E-state index < -0.39 is 0 Å². The summed E-state index contributed by atoms with van der Waals surface area (Å²) in [6.45, 7) is 10.8. The van der Waals surface area contributed by atoms with Crippen molar-refractivity contribution in [2.75, 3.05) is 57.5 Å². The molecule has 2 saturated heterocycles. The Labute approximate surface area is 175 Å². The molecule has 3 rings (SSSR count). The fraction of sp³-hybridized carbons (Fsp3) is 0.952. The molecule has 0 amide bonds. The second-order valence-corrected chi connectivity index (χ2v) is 9.67. The van der Waals surface area contributed by atoms with Crippen molar-refractivity contribution in [3.63, 3.8) is 0 Å². The Morgan fingerprint density at radius 2 is 2.07 bits per heavy atom. The van der Waals surface area contributed by atoms with Crippen LogP contribution in [0.4, 0.5) is 0 Å². The zero-order chi connectivity index (χ0) is 19.7. The molecular weight excluding hydrogens is 372 g/mol. The predicted molar refractivity (Wildman–Crippen MR) is 118 cm³/mol. The number of hydrogen-bond donors (Lipinski definition) is 2. The molecule has 2 atom stereocenters. The second kappa shape index (κ2) is 11.6. The third-order valence-electron chi connectivity index (χ3n) is 6.19. The lowest BCUT2D eigenvalue weighted by Gasteiger charge is -2.47. The first-order chi connectivity index (χ1) is 13.7. The SMILES string of the molecule is CCNC(=NCC1(N2CCSCC2)CCCCC1)NC(C)COC1CCOC1. The summed E-state index contributed by atoms with van der Waals surface area (Å²) in [5.74, 6) is 3.46. The summed E-state index contributed by atoms with van der Waals surface area (Å²) in [6.07, 6.45) is 7.92. The van der Waals surface area contributed by atoms with Gasteiger partial charge >= 0.3 is 0 Å². The van der Waals surface area contributed by atoms with Crippen molar-refractivity contribution in [1.29, 1.82) is 0 Å². The monoisotopic (exact) mass is 412 g/mol. The molecule has 2 N–H and O–H groups in total. The third-order valence-corrected chi connectivity index (χ3v) is 7.14. The van der Waals surface area contributed by atoms with E-state index in [1.54, 1.807) is 0 Å². The van der Waals surface area contributed by atoms with Crippen molar-refractivity contribution in [3.8, 4) is 0 Å². The molecule has 3 fully saturated rings. The molecule has 0 aromatic heterocycles. The zero-order valence-electron chi connectivity index (χ0n) is 17.9. The number of rotatable bonds is 8. The highest BCUT2D eigenvalue weighted by molar-refractivity contribution is 7.99. The first kappa shape index (κ1) is 22.2. The number of hydrogen-bond acceptors (Lipinski definition) is 5. The third kappa shape index (κ3) is 6.51. The molecule has 162 valence electrons. The van der Waals surface area contributed by atoms with Gasteiger partial charge < -0.3 is 20.1 Å². The average Bonchev–Trinajstić information content (AvgIpc) is 3.26. The summed E-state index contributed by atoms with van der Waals surface area (Å²) in [5.41, 5.74) is 0.266. The van der Waals surface area contributed by atoms with Crippen LogP contribution in [0, 0.1) is 0 Å². The molecule has 28 heavy (non-hydrogen) atoms. The van der Waals surface area contributed by atoms with Crippen molar-refractivity contribution < 1.29 is 9.47 Å². The fourth-order valence-corrected chi connectivity index (χ4v) is 5.47. The van der Waals surface area contributed by atoms with Crippen LogP contribution in [0.15, 0.2) is 4.99 Å². The van der Waals surface area contributed by atoms with Crippen LogP contribution in [-0.4, -0.2) is 86.0 Å². The van der Waals surface area contributed by atoms with Crippen LogP contribution in [0.25, 0.3) is 0 Å². The second-order valence-electron chi connectivity index (χ2n) is 8.44. The molecule has 2 heterocycles. The van der Waals surface area contributed by atoms with E-state index >= 15 is 0 Å². The summed E-state index contributed by atoms with van der Waals surface area (Å²) in [6, 6.07) is 0.229. The number of nitrogens with zero attached hydrogens (tertiary/aromatic N) is 2. The fourth-order valence-electron chi connectivity index (χ4n) is 4.57. The molecular formula is C21H40N4O2S. The Morgan fingerprint density at radius 3 is 2.75 bits per heavy atom. The average molecular weight is 413 g/mol. The molecule has 7 heteroatoms. The zero-order valence-corrected chi connectivity index (χ0v) is 18.7. The van der Waals surface area contributed by atoms with Gasteiger partial charge in [0.25, 0.3) is 0 Å². The largest absolute Gasteiger partial charge is 0.379 e. The molecule has 3 aliphatic rings. The highest BCUT2D eigenvalue weighted by atomic mass is 32.2. The lowest BCUT2D eigenvalue weighted by molar-refractivity contribution is 0.0347. The molecule has 1 aliphatic carbocycles. The van der Waals surface area contributed by atoms with Gasteiger partial charge in [-0.2, -0.15) is 11.8 Å². The normalized spacial score (nSPS) is 27.5. The van der Waals surface area contributed by atoms with Crippen LogP contribution < -0.4 is 10.6 Å². The molecule has 2 unspecified atom stereocenters. The van der Waals surface area contributed by atoms with E-state index in [0.717, 1.165) is 38.7 Å². The van der Waals surface area contributed by atoms with Gasteiger partial charge in [-0.1, -0.05) is 19.3 Å². The Bertz CT molecular complexity index is 473. The quantitative estimate of drug-likeness (QED) is 0.472. The number of aliphatic imine (C=N–C) groups is 1. The van der Waals surface area contributed by atoms with Crippen LogP contribution in [0.5, 0.6) is 0 Å². The highest BCUT2D eigenvalue weighted by Crippen LogP contribution is 2.35. The molecule has 1 saturated carbocycles. The van der Waals surface area contributed by atoms with E-state index in [-0.39, 0.29) is 17.7 Å². The molecule has 6 nitrogen and oxygen atoms in total. The van der Waals surface area contributed by atoms with Crippen LogP contribution in [0.3, 0.4) is 0 Å². The Morgan fingerprint density at radius 1 is 1.29 bits per heavy atom. The van der Waals surface area contributed by atoms with E-state index in [9.17, 15) is 0 Å². The number of thioether (sulfide) groups is 1. The van der Waals surface area contributed by atoms with Crippen LogP contribution in [-0.2, 0) is 9.47 Å². The lowest BCUT2D eigenvalue weighted by atomic mass is 9.80. The van der Waals surface area contributed by atoms with Gasteiger partial charge in [-0.25, -0.2) is 0 Å². The Kier molecular flexibility index (Phi) is 9.21. The van der Waals surface area contributed by atoms with Crippen LogP contribution in [0.2, 0.25) is 0 Å². The molecule has 0 aromatic rings. The summed E-state index contributed by atoms with van der Waals surface area (Å²) in [4.78, 5) is 7.82. The number of nitrogens with one attached hydrogen (secondary N) is 2. The van der Waals surface area contributed by atoms with E-state index in [4.69, 9.17) is 14.5 Å². The van der Waals surface area contributed by atoms with Crippen molar-refractivity contribution >= 4 is 17.7 Å². The minimum absolute atomic E-state index is 0.229. The molecule has 0 aromatic carbocycles. The van der Waals surface area contributed by atoms with E-state index in [2.05, 4.69) is 41.1 Å². The predicted octanol–water partition coefficient (Wildman–Crippen LogP) is 2.49. The number of ether oxygens (including phenoxy) is 2. The van der Waals surface area contributed by atoms with Crippen molar-refractivity contribution in [3.05, 3.63) is 0 Å². The van der Waals surface area contributed by atoms with Gasteiger partial charge in [0.15, 0.2) is 5.96 Å². The van der Waals surface area contributed by atoms with E-state index in [0.29, 0.717) is 6.61 Å². The van der Waals surface area contributed by atoms with Crippen molar-refractivity contribution in [1.82, 2.24) is 15.5 Å². The molecule has 0 spiro atoms. The summed E-state index contributed by atoms with van der Waals surface area (Å²) >= 11 is 2.09. The van der Waals surface area contributed by atoms with Gasteiger partial charge in [0.1, 0.15) is 0 Å². The number of guanidine groups is 1. The van der Waals surface area contributed by atoms with Gasteiger partial charge in [0.05, 0.1) is 25.9 Å². The lowest BCUT2D eigenvalue weighted by Crippen LogP contribution is -2.56. The summed E-state index contributed by atoms with van der Waals surface area (Å²) in [5, 5.41) is 6.99. The van der Waals surface area contributed by atoms with Crippen LogP contribution in [0.1, 0.15) is 52.4 Å². The summed E-state index contributed by atoms with van der Waals surface area (Å²) in [7, 11) is 0. The maximum Gasteiger partial charge on any atom is 0.191 e. The Hall–Kier alpha value is -0.500. The first-order valence-corrected chi connectivity index (χ1v) is 12.4. The van der Waals surface area contributed by atoms with Gasteiger partial charge in [-0.15, -0.1) is 0 Å². The molecule has 0 bridgehead atoms. The topological polar surface area (TPSA) is 58.1 Å². The van der Waals surface area contributed by atoms with Gasteiger partial charge in [0.2, 0.25) is 0 Å². The van der Waals surface area contributed by atoms with Gasteiger partial charge in [-0.3, -0.25) is 9.89 Å². The molecule has 0 radical (unpaired) electrons. The standard InChI is InChI=1S/C21H40N4O2S/c1-3-22-20(24-18(2)15-27-19-7-12-26-16-19)23-17-21(8-5-4-6-9-21)25-10-13-28-14-11-25/h18-19H,3-17H2,1-2H3,(H2,22,23,24). The van der Waals surface area contributed by atoms with Gasteiger partial charge in [-0.05, 0) is 33.1 Å². The Balaban J connectivity index is 1.57. The highest BCUT2D eigenvalue weighted by Gasteiger charge is 2.38. The van der Waals surface area contributed by atoms with Crippen molar-refractivity contribution in [2.24, 2.45) is 4.99 Å². The van der Waals surface area contributed by atoms with Gasteiger partial charge in [0, 0.05) is 49.3 Å². The first-order valence-electron chi connectivity index (χ1n) is 11.3. The maximum atomic E-state index is 5.97. The van der Waals surface area contributed by atoms with Crippen LogP contribution >= 0.6 is 11.8 Å². The smallest absolute Gasteiger partial charge is 0.191 e.